The monoisotopic (exact) mass is 278 g/mol. The molecule has 2 aromatic heterocycles. The first-order valence-electron chi connectivity index (χ1n) is 6.04. The third-order valence-electron chi connectivity index (χ3n) is 2.62. The lowest BCUT2D eigenvalue weighted by Gasteiger charge is -2.01. The number of carbonyl (C=O) groups excluding carboxylic acids is 1. The van der Waals surface area contributed by atoms with Gasteiger partial charge in [-0.05, 0) is 11.8 Å². The summed E-state index contributed by atoms with van der Waals surface area (Å²) in [4.78, 5) is 21.5. The quantitative estimate of drug-likeness (QED) is 0.605. The van der Waals surface area contributed by atoms with E-state index in [2.05, 4.69) is 15.5 Å². The second-order valence-corrected chi connectivity index (χ2v) is 4.11. The van der Waals surface area contributed by atoms with Gasteiger partial charge in [-0.3, -0.25) is 9.48 Å². The SMILES string of the molecule is CCn1cc(CNC(=O)Cn2ccc([N+](=O)[O-])n2)cn1. The van der Waals surface area contributed by atoms with Crippen molar-refractivity contribution in [3.8, 4) is 0 Å². The second-order valence-electron chi connectivity index (χ2n) is 4.11. The average Bonchev–Trinajstić information content (AvgIpc) is 3.04. The zero-order valence-electron chi connectivity index (χ0n) is 10.9. The van der Waals surface area contributed by atoms with Crippen LogP contribution in [0.4, 0.5) is 5.82 Å². The Balaban J connectivity index is 1.84. The van der Waals surface area contributed by atoms with Gasteiger partial charge in [-0.1, -0.05) is 0 Å². The molecule has 0 aliphatic rings. The summed E-state index contributed by atoms with van der Waals surface area (Å²) >= 11 is 0. The van der Waals surface area contributed by atoms with Crippen molar-refractivity contribution in [2.75, 3.05) is 0 Å². The molecule has 0 spiro atoms. The largest absolute Gasteiger partial charge is 0.389 e. The van der Waals surface area contributed by atoms with Crippen LogP contribution in [0.3, 0.4) is 0 Å². The number of amides is 1. The molecule has 0 radical (unpaired) electrons. The van der Waals surface area contributed by atoms with Gasteiger partial charge in [-0.2, -0.15) is 9.78 Å². The summed E-state index contributed by atoms with van der Waals surface area (Å²) in [7, 11) is 0. The molecule has 0 bridgehead atoms. The molecule has 0 unspecified atom stereocenters. The highest BCUT2D eigenvalue weighted by Gasteiger charge is 2.13. The van der Waals surface area contributed by atoms with Gasteiger partial charge in [0.1, 0.15) is 6.54 Å². The molecule has 2 rings (SSSR count). The Kier molecular flexibility index (Phi) is 4.08. The zero-order chi connectivity index (χ0) is 14.5. The molecule has 0 saturated carbocycles. The van der Waals surface area contributed by atoms with E-state index in [1.165, 1.54) is 16.9 Å². The van der Waals surface area contributed by atoms with E-state index < -0.39 is 4.92 Å². The minimum atomic E-state index is -0.604. The summed E-state index contributed by atoms with van der Waals surface area (Å²) in [5.41, 5.74) is 0.895. The molecule has 0 aliphatic heterocycles. The third kappa shape index (κ3) is 3.40. The molecule has 2 heterocycles. The van der Waals surface area contributed by atoms with Crippen molar-refractivity contribution < 1.29 is 9.72 Å². The Labute approximate surface area is 114 Å². The smallest absolute Gasteiger partial charge is 0.358 e. The molecule has 2 aromatic rings. The van der Waals surface area contributed by atoms with Crippen molar-refractivity contribution in [2.45, 2.75) is 26.6 Å². The van der Waals surface area contributed by atoms with Gasteiger partial charge >= 0.3 is 5.82 Å². The molecular formula is C11H14N6O3. The van der Waals surface area contributed by atoms with Gasteiger partial charge in [-0.15, -0.1) is 0 Å². The van der Waals surface area contributed by atoms with Crippen LogP contribution in [0.5, 0.6) is 0 Å². The number of carbonyl (C=O) groups is 1. The van der Waals surface area contributed by atoms with Gasteiger partial charge in [0.25, 0.3) is 0 Å². The average molecular weight is 278 g/mol. The fourth-order valence-corrected chi connectivity index (χ4v) is 1.61. The van der Waals surface area contributed by atoms with E-state index >= 15 is 0 Å². The minimum absolute atomic E-state index is 0.0598. The van der Waals surface area contributed by atoms with Crippen molar-refractivity contribution in [2.24, 2.45) is 0 Å². The Morgan fingerprint density at radius 2 is 2.30 bits per heavy atom. The summed E-state index contributed by atoms with van der Waals surface area (Å²) in [6, 6.07) is 1.25. The molecule has 9 heteroatoms. The van der Waals surface area contributed by atoms with Crippen molar-refractivity contribution >= 4 is 11.7 Å². The third-order valence-corrected chi connectivity index (χ3v) is 2.62. The molecule has 1 amide bonds. The van der Waals surface area contributed by atoms with Crippen molar-refractivity contribution in [3.63, 3.8) is 0 Å². The molecule has 0 aliphatic carbocycles. The van der Waals surface area contributed by atoms with Crippen LogP contribution in [0.1, 0.15) is 12.5 Å². The molecular weight excluding hydrogens is 264 g/mol. The van der Waals surface area contributed by atoms with E-state index in [4.69, 9.17) is 0 Å². The Bertz CT molecular complexity index is 617. The molecule has 0 atom stereocenters. The Hall–Kier alpha value is -2.71. The number of aryl methyl sites for hydroxylation is 1. The van der Waals surface area contributed by atoms with Gasteiger partial charge in [0.15, 0.2) is 0 Å². The second kappa shape index (κ2) is 5.95. The van der Waals surface area contributed by atoms with Crippen LogP contribution in [-0.4, -0.2) is 30.4 Å². The highest BCUT2D eigenvalue weighted by molar-refractivity contribution is 5.75. The lowest BCUT2D eigenvalue weighted by Crippen LogP contribution is -2.27. The molecule has 0 saturated heterocycles. The van der Waals surface area contributed by atoms with Crippen molar-refractivity contribution in [1.29, 1.82) is 0 Å². The van der Waals surface area contributed by atoms with E-state index in [0.29, 0.717) is 6.54 Å². The lowest BCUT2D eigenvalue weighted by molar-refractivity contribution is -0.389. The molecule has 0 fully saturated rings. The standard InChI is InChI=1S/C11H14N6O3/c1-2-15-7-9(6-13-15)5-12-11(18)8-16-4-3-10(14-16)17(19)20/h3-4,6-7H,2,5,8H2,1H3,(H,12,18). The fourth-order valence-electron chi connectivity index (χ4n) is 1.61. The van der Waals surface area contributed by atoms with Crippen LogP contribution in [-0.2, 0) is 24.4 Å². The highest BCUT2D eigenvalue weighted by atomic mass is 16.6. The summed E-state index contributed by atoms with van der Waals surface area (Å²) in [5, 5.41) is 20.9. The maximum Gasteiger partial charge on any atom is 0.389 e. The number of hydrogen-bond acceptors (Lipinski definition) is 5. The van der Waals surface area contributed by atoms with Crippen LogP contribution < -0.4 is 5.32 Å². The van der Waals surface area contributed by atoms with Crippen LogP contribution >= 0.6 is 0 Å². The van der Waals surface area contributed by atoms with E-state index in [1.807, 2.05) is 13.1 Å². The number of hydrogen-bond donors (Lipinski definition) is 1. The number of nitrogens with zero attached hydrogens (tertiary/aromatic N) is 5. The number of nitro groups is 1. The van der Waals surface area contributed by atoms with Crippen LogP contribution in [0.2, 0.25) is 0 Å². The fraction of sp³-hybridized carbons (Fsp3) is 0.364. The molecule has 20 heavy (non-hydrogen) atoms. The summed E-state index contributed by atoms with van der Waals surface area (Å²) in [5.74, 6) is -0.547. The zero-order valence-corrected chi connectivity index (χ0v) is 10.9. The first kappa shape index (κ1) is 13.7. The van der Waals surface area contributed by atoms with Crippen LogP contribution in [0, 0.1) is 10.1 Å². The van der Waals surface area contributed by atoms with E-state index in [1.54, 1.807) is 10.9 Å². The highest BCUT2D eigenvalue weighted by Crippen LogP contribution is 2.04. The van der Waals surface area contributed by atoms with Crippen molar-refractivity contribution in [1.82, 2.24) is 24.9 Å². The van der Waals surface area contributed by atoms with E-state index in [0.717, 1.165) is 12.1 Å². The van der Waals surface area contributed by atoms with Crippen LogP contribution in [0.15, 0.2) is 24.7 Å². The van der Waals surface area contributed by atoms with E-state index in [-0.39, 0.29) is 18.3 Å². The maximum atomic E-state index is 11.7. The predicted molar refractivity (Wildman–Crippen MR) is 68.6 cm³/mol. The predicted octanol–water partition coefficient (Wildman–Crippen LogP) is 0.324. The van der Waals surface area contributed by atoms with Gasteiger partial charge in [0, 0.05) is 24.8 Å². The van der Waals surface area contributed by atoms with E-state index in [9.17, 15) is 14.9 Å². The molecule has 106 valence electrons. The number of nitrogens with one attached hydrogen (secondary N) is 1. The summed E-state index contributed by atoms with van der Waals surface area (Å²) in [6.45, 7) is 3.04. The minimum Gasteiger partial charge on any atom is -0.358 e. The van der Waals surface area contributed by atoms with Gasteiger partial charge < -0.3 is 15.4 Å². The van der Waals surface area contributed by atoms with Crippen LogP contribution in [0.25, 0.3) is 0 Å². The lowest BCUT2D eigenvalue weighted by atomic mass is 10.3. The Morgan fingerprint density at radius 1 is 1.50 bits per heavy atom. The first-order valence-corrected chi connectivity index (χ1v) is 6.04. The van der Waals surface area contributed by atoms with Gasteiger partial charge in [0.2, 0.25) is 5.91 Å². The normalized spacial score (nSPS) is 10.4. The van der Waals surface area contributed by atoms with Gasteiger partial charge in [0.05, 0.1) is 23.6 Å². The van der Waals surface area contributed by atoms with Crippen molar-refractivity contribution in [3.05, 3.63) is 40.3 Å². The maximum absolute atomic E-state index is 11.7. The molecule has 9 nitrogen and oxygen atoms in total. The molecule has 1 N–H and O–H groups in total. The number of rotatable bonds is 6. The first-order chi connectivity index (χ1) is 9.58. The molecule has 0 aromatic carbocycles. The summed E-state index contributed by atoms with van der Waals surface area (Å²) in [6.07, 6.45) is 4.92. The Morgan fingerprint density at radius 3 is 2.90 bits per heavy atom. The van der Waals surface area contributed by atoms with Gasteiger partial charge in [-0.25, -0.2) is 0 Å². The number of aromatic nitrogens is 4. The summed E-state index contributed by atoms with van der Waals surface area (Å²) < 4.78 is 2.99. The topological polar surface area (TPSA) is 108 Å².